The van der Waals surface area contributed by atoms with Crippen molar-refractivity contribution in [3.05, 3.63) is 88.7 Å². The Morgan fingerprint density at radius 3 is 2.09 bits per heavy atom. The molecule has 0 radical (unpaired) electrons. The van der Waals surface area contributed by atoms with Crippen LogP contribution in [-0.4, -0.2) is 53.2 Å². The topological polar surface area (TPSA) is 76.6 Å². The molecule has 35 heavy (non-hydrogen) atoms. The number of carbonyl (C=O) groups is 1. The second-order valence-electron chi connectivity index (χ2n) is 9.36. The Balaban J connectivity index is 1.40. The largest absolute Gasteiger partial charge is 0.478 e. The summed E-state index contributed by atoms with van der Waals surface area (Å²) in [6.45, 7) is 8.75. The summed E-state index contributed by atoms with van der Waals surface area (Å²) in [5.74, 6) is -0.988. The van der Waals surface area contributed by atoms with E-state index in [4.69, 9.17) is 5.11 Å². The highest BCUT2D eigenvalue weighted by atomic mass is 16.4. The first-order chi connectivity index (χ1) is 16.9. The average Bonchev–Trinajstić information content (AvgIpc) is 2.88. The van der Waals surface area contributed by atoms with Crippen LogP contribution in [0, 0.1) is 0 Å². The van der Waals surface area contributed by atoms with Crippen molar-refractivity contribution < 1.29 is 9.90 Å². The highest BCUT2D eigenvalue weighted by Gasteiger charge is 2.19. The van der Waals surface area contributed by atoms with Crippen LogP contribution < -0.4 is 10.5 Å². The number of H-pyrrole nitrogens is 1. The quantitative estimate of drug-likeness (QED) is 0.428. The van der Waals surface area contributed by atoms with Crippen LogP contribution in [0.5, 0.6) is 0 Å². The first-order valence-electron chi connectivity index (χ1n) is 12.0. The molecule has 0 amide bonds. The molecule has 6 heteroatoms. The van der Waals surface area contributed by atoms with E-state index in [1.54, 1.807) is 12.1 Å². The number of rotatable bonds is 5. The van der Waals surface area contributed by atoms with Gasteiger partial charge in [-0.05, 0) is 78.4 Å². The Morgan fingerprint density at radius 1 is 0.829 bits per heavy atom. The molecule has 178 valence electrons. The standard InChI is InChI=1S/C29H29N3O3/c1-19(2)31-13-15-32(16-14-31)25-10-7-20(8-11-25)23-9-12-27-24(17-23)18-26(28(33)30-27)21-3-5-22(6-4-21)29(34)35/h3-12,17-19H,13-16H2,1-2H3,(H,30,33)(H,34,35). The van der Waals surface area contributed by atoms with Gasteiger partial charge in [0.15, 0.2) is 0 Å². The SMILES string of the molecule is CC(C)N1CCN(c2ccc(-c3ccc4[nH]c(=O)c(-c5ccc(C(=O)O)cc5)cc4c3)cc2)CC1. The summed E-state index contributed by atoms with van der Waals surface area (Å²) in [7, 11) is 0. The molecule has 1 fully saturated rings. The van der Waals surface area contributed by atoms with E-state index in [9.17, 15) is 9.59 Å². The van der Waals surface area contributed by atoms with Crippen molar-refractivity contribution in [1.82, 2.24) is 9.88 Å². The van der Waals surface area contributed by atoms with E-state index in [0.29, 0.717) is 17.2 Å². The number of nitrogens with zero attached hydrogens (tertiary/aromatic N) is 2. The zero-order valence-corrected chi connectivity index (χ0v) is 20.0. The van der Waals surface area contributed by atoms with Gasteiger partial charge in [0.25, 0.3) is 5.56 Å². The summed E-state index contributed by atoms with van der Waals surface area (Å²) >= 11 is 0. The van der Waals surface area contributed by atoms with Crippen molar-refractivity contribution in [2.45, 2.75) is 19.9 Å². The smallest absolute Gasteiger partial charge is 0.335 e. The lowest BCUT2D eigenvalue weighted by molar-refractivity contribution is 0.0697. The zero-order chi connectivity index (χ0) is 24.5. The lowest BCUT2D eigenvalue weighted by Gasteiger charge is -2.38. The lowest BCUT2D eigenvalue weighted by Crippen LogP contribution is -2.48. The van der Waals surface area contributed by atoms with E-state index in [0.717, 1.165) is 48.2 Å². The van der Waals surface area contributed by atoms with Gasteiger partial charge in [-0.15, -0.1) is 0 Å². The predicted molar refractivity (Wildman–Crippen MR) is 141 cm³/mol. The highest BCUT2D eigenvalue weighted by molar-refractivity contribution is 5.90. The second kappa shape index (κ2) is 9.39. The predicted octanol–water partition coefficient (Wildman–Crippen LogP) is 5.09. The minimum atomic E-state index is -0.988. The molecule has 5 rings (SSSR count). The maximum atomic E-state index is 12.7. The molecular formula is C29H29N3O3. The summed E-state index contributed by atoms with van der Waals surface area (Å²) in [5, 5.41) is 10.1. The van der Waals surface area contributed by atoms with Crippen LogP contribution >= 0.6 is 0 Å². The molecule has 6 nitrogen and oxygen atoms in total. The monoisotopic (exact) mass is 467 g/mol. The molecule has 3 aromatic carbocycles. The van der Waals surface area contributed by atoms with E-state index in [1.807, 2.05) is 18.2 Å². The number of aromatic carboxylic acids is 1. The Hall–Kier alpha value is -3.90. The van der Waals surface area contributed by atoms with Crippen LogP contribution in [-0.2, 0) is 0 Å². The van der Waals surface area contributed by atoms with Gasteiger partial charge < -0.3 is 15.0 Å². The third-order valence-electron chi connectivity index (χ3n) is 6.90. The number of fused-ring (bicyclic) bond motifs is 1. The molecule has 0 unspecified atom stereocenters. The fourth-order valence-electron chi connectivity index (χ4n) is 4.75. The first-order valence-corrected chi connectivity index (χ1v) is 12.0. The Labute approximate surface area is 204 Å². The van der Waals surface area contributed by atoms with Crippen LogP contribution in [0.25, 0.3) is 33.2 Å². The zero-order valence-electron chi connectivity index (χ0n) is 20.0. The van der Waals surface area contributed by atoms with Gasteiger partial charge in [-0.25, -0.2) is 4.79 Å². The summed E-state index contributed by atoms with van der Waals surface area (Å²) < 4.78 is 0. The second-order valence-corrected chi connectivity index (χ2v) is 9.36. The number of carboxylic acid groups (broad SMARTS) is 1. The maximum absolute atomic E-state index is 12.7. The highest BCUT2D eigenvalue weighted by Crippen LogP contribution is 2.28. The molecule has 1 aliphatic heterocycles. The van der Waals surface area contributed by atoms with Crippen LogP contribution in [0.15, 0.2) is 77.6 Å². The fraction of sp³-hybridized carbons (Fsp3) is 0.241. The van der Waals surface area contributed by atoms with E-state index in [1.165, 1.54) is 17.8 Å². The molecule has 0 atom stereocenters. The van der Waals surface area contributed by atoms with Gasteiger partial charge in [0.1, 0.15) is 0 Å². The molecule has 2 heterocycles. The fourth-order valence-corrected chi connectivity index (χ4v) is 4.75. The van der Waals surface area contributed by atoms with Crippen molar-refractivity contribution >= 4 is 22.6 Å². The third kappa shape index (κ3) is 4.70. The van der Waals surface area contributed by atoms with Gasteiger partial charge >= 0.3 is 5.97 Å². The van der Waals surface area contributed by atoms with Crippen molar-refractivity contribution in [3.63, 3.8) is 0 Å². The van der Waals surface area contributed by atoms with E-state index in [-0.39, 0.29) is 11.1 Å². The number of piperazine rings is 1. The average molecular weight is 468 g/mol. The van der Waals surface area contributed by atoms with Crippen LogP contribution in [0.4, 0.5) is 5.69 Å². The van der Waals surface area contributed by atoms with Crippen molar-refractivity contribution in [1.29, 1.82) is 0 Å². The normalized spacial score (nSPS) is 14.5. The van der Waals surface area contributed by atoms with Gasteiger partial charge in [0, 0.05) is 49.0 Å². The van der Waals surface area contributed by atoms with Gasteiger partial charge in [0.2, 0.25) is 0 Å². The molecule has 2 N–H and O–H groups in total. The van der Waals surface area contributed by atoms with E-state index in [2.05, 4.69) is 59.0 Å². The van der Waals surface area contributed by atoms with Gasteiger partial charge in [-0.2, -0.15) is 0 Å². The Bertz CT molecular complexity index is 1410. The van der Waals surface area contributed by atoms with Crippen LogP contribution in [0.2, 0.25) is 0 Å². The first kappa shape index (κ1) is 22.9. The molecule has 0 bridgehead atoms. The molecular weight excluding hydrogens is 438 g/mol. The molecule has 1 aliphatic rings. The summed E-state index contributed by atoms with van der Waals surface area (Å²) in [4.78, 5) is 31.7. The molecule has 0 aliphatic carbocycles. The van der Waals surface area contributed by atoms with Gasteiger partial charge in [-0.3, -0.25) is 9.69 Å². The summed E-state index contributed by atoms with van der Waals surface area (Å²) in [6.07, 6.45) is 0. The molecule has 1 saturated heterocycles. The number of aromatic amines is 1. The number of pyridine rings is 1. The molecule has 1 aromatic heterocycles. The summed E-state index contributed by atoms with van der Waals surface area (Å²) in [6, 6.07) is 23.6. The Morgan fingerprint density at radius 2 is 1.46 bits per heavy atom. The number of hydrogen-bond acceptors (Lipinski definition) is 4. The number of benzene rings is 3. The van der Waals surface area contributed by atoms with Crippen molar-refractivity contribution in [3.8, 4) is 22.3 Å². The third-order valence-corrected chi connectivity index (χ3v) is 6.90. The van der Waals surface area contributed by atoms with E-state index >= 15 is 0 Å². The minimum absolute atomic E-state index is 0.193. The molecule has 0 spiro atoms. The van der Waals surface area contributed by atoms with Crippen LogP contribution in [0.1, 0.15) is 24.2 Å². The number of carboxylic acids is 1. The number of nitrogens with one attached hydrogen (secondary N) is 1. The minimum Gasteiger partial charge on any atom is -0.478 e. The van der Waals surface area contributed by atoms with E-state index < -0.39 is 5.97 Å². The van der Waals surface area contributed by atoms with Crippen molar-refractivity contribution in [2.75, 3.05) is 31.1 Å². The number of aromatic nitrogens is 1. The van der Waals surface area contributed by atoms with Crippen LogP contribution in [0.3, 0.4) is 0 Å². The molecule has 4 aromatic rings. The van der Waals surface area contributed by atoms with Gasteiger partial charge in [0.05, 0.1) is 5.56 Å². The Kier molecular flexibility index (Phi) is 6.14. The number of anilines is 1. The number of hydrogen-bond donors (Lipinski definition) is 2. The summed E-state index contributed by atoms with van der Waals surface area (Å²) in [5.41, 5.74) is 5.41. The molecule has 0 saturated carbocycles. The lowest BCUT2D eigenvalue weighted by atomic mass is 10.00. The van der Waals surface area contributed by atoms with Crippen molar-refractivity contribution in [2.24, 2.45) is 0 Å². The van der Waals surface area contributed by atoms with Gasteiger partial charge in [-0.1, -0.05) is 30.3 Å². The maximum Gasteiger partial charge on any atom is 0.335 e.